The highest BCUT2D eigenvalue weighted by molar-refractivity contribution is 5.76. The predicted octanol–water partition coefficient (Wildman–Crippen LogP) is 1.08. The Hall–Kier alpha value is -2.50. The molecule has 0 atom stereocenters. The molecule has 6 nitrogen and oxygen atoms in total. The van der Waals surface area contributed by atoms with E-state index in [0.29, 0.717) is 25.4 Å². The van der Waals surface area contributed by atoms with Crippen molar-refractivity contribution in [1.82, 2.24) is 15.5 Å². The number of anilines is 1. The second-order valence-electron chi connectivity index (χ2n) is 4.00. The van der Waals surface area contributed by atoms with Crippen molar-refractivity contribution >= 4 is 11.7 Å². The van der Waals surface area contributed by atoms with Crippen LogP contribution in [0.4, 0.5) is 5.82 Å². The van der Waals surface area contributed by atoms with Gasteiger partial charge in [0.15, 0.2) is 0 Å². The molecule has 19 heavy (non-hydrogen) atoms. The van der Waals surface area contributed by atoms with Gasteiger partial charge in [0.1, 0.15) is 11.6 Å². The molecule has 0 fully saturated rings. The molecule has 0 unspecified atom stereocenters. The Bertz CT molecular complexity index is 524. The van der Waals surface area contributed by atoms with Crippen molar-refractivity contribution < 1.29 is 9.53 Å². The van der Waals surface area contributed by atoms with Crippen LogP contribution in [0.15, 0.2) is 36.5 Å². The molecular formula is C13H16N4O2. The van der Waals surface area contributed by atoms with Crippen LogP contribution in [0.25, 0.3) is 0 Å². The van der Waals surface area contributed by atoms with Crippen LogP contribution in [0.2, 0.25) is 0 Å². The van der Waals surface area contributed by atoms with Crippen molar-refractivity contribution in [3.05, 3.63) is 42.1 Å². The number of hydrogen-bond donors (Lipinski definition) is 3. The highest BCUT2D eigenvalue weighted by atomic mass is 16.5. The van der Waals surface area contributed by atoms with Crippen LogP contribution in [0.5, 0.6) is 5.75 Å². The second kappa shape index (κ2) is 6.44. The lowest BCUT2D eigenvalue weighted by Gasteiger charge is -2.06. The molecule has 0 spiro atoms. The minimum Gasteiger partial charge on any atom is -0.493 e. The van der Waals surface area contributed by atoms with Crippen molar-refractivity contribution in [2.24, 2.45) is 0 Å². The van der Waals surface area contributed by atoms with Crippen molar-refractivity contribution in [3.63, 3.8) is 0 Å². The molecule has 0 bridgehead atoms. The molecule has 0 radical (unpaired) electrons. The number of rotatable bonds is 6. The topological polar surface area (TPSA) is 93.0 Å². The molecule has 1 aromatic heterocycles. The second-order valence-corrected chi connectivity index (χ2v) is 4.00. The number of hydrogen-bond acceptors (Lipinski definition) is 4. The van der Waals surface area contributed by atoms with Crippen molar-refractivity contribution in [3.8, 4) is 5.75 Å². The highest BCUT2D eigenvalue weighted by Crippen LogP contribution is 2.08. The first-order valence-corrected chi connectivity index (χ1v) is 5.98. The van der Waals surface area contributed by atoms with Crippen molar-refractivity contribution in [2.45, 2.75) is 13.0 Å². The smallest absolute Gasteiger partial charge is 0.223 e. The van der Waals surface area contributed by atoms with Crippen LogP contribution in [0, 0.1) is 0 Å². The Kier molecular flexibility index (Phi) is 4.39. The molecule has 4 N–H and O–H groups in total. The Labute approximate surface area is 111 Å². The molecule has 0 saturated carbocycles. The number of H-pyrrole nitrogens is 1. The monoisotopic (exact) mass is 260 g/mol. The zero-order chi connectivity index (χ0) is 13.5. The van der Waals surface area contributed by atoms with Crippen molar-refractivity contribution in [1.29, 1.82) is 0 Å². The fourth-order valence-corrected chi connectivity index (χ4v) is 1.52. The molecule has 0 saturated heterocycles. The summed E-state index contributed by atoms with van der Waals surface area (Å²) >= 11 is 0. The van der Waals surface area contributed by atoms with E-state index < -0.39 is 0 Å². The summed E-state index contributed by atoms with van der Waals surface area (Å²) in [5.74, 6) is 1.15. The van der Waals surface area contributed by atoms with E-state index in [1.807, 2.05) is 30.3 Å². The van der Waals surface area contributed by atoms with Gasteiger partial charge in [-0.05, 0) is 12.1 Å². The number of aromatic amines is 1. The molecule has 2 aromatic rings. The van der Waals surface area contributed by atoms with Gasteiger partial charge in [-0.3, -0.25) is 9.89 Å². The first kappa shape index (κ1) is 12.9. The van der Waals surface area contributed by atoms with E-state index in [2.05, 4.69) is 15.5 Å². The normalized spacial score (nSPS) is 10.1. The summed E-state index contributed by atoms with van der Waals surface area (Å²) < 4.78 is 5.43. The number of aromatic nitrogens is 2. The molecule has 6 heteroatoms. The SMILES string of the molecule is Nc1[nH]ncc1CNC(=O)CCOc1ccccc1. The lowest BCUT2D eigenvalue weighted by Crippen LogP contribution is -2.24. The molecule has 0 aliphatic heterocycles. The van der Waals surface area contributed by atoms with Gasteiger partial charge in [-0.1, -0.05) is 18.2 Å². The van der Waals surface area contributed by atoms with Gasteiger partial charge in [0, 0.05) is 12.1 Å². The van der Waals surface area contributed by atoms with E-state index in [0.717, 1.165) is 11.3 Å². The van der Waals surface area contributed by atoms with Crippen LogP contribution in [0.1, 0.15) is 12.0 Å². The van der Waals surface area contributed by atoms with Gasteiger partial charge in [-0.15, -0.1) is 0 Å². The van der Waals surface area contributed by atoms with Gasteiger partial charge in [0.05, 0.1) is 19.2 Å². The molecule has 1 amide bonds. The summed E-state index contributed by atoms with van der Waals surface area (Å²) in [4.78, 5) is 11.6. The molecule has 0 aliphatic carbocycles. The van der Waals surface area contributed by atoms with Crippen LogP contribution in [-0.2, 0) is 11.3 Å². The molecule has 2 rings (SSSR count). The zero-order valence-electron chi connectivity index (χ0n) is 10.4. The Morgan fingerprint density at radius 2 is 2.16 bits per heavy atom. The Morgan fingerprint density at radius 3 is 2.84 bits per heavy atom. The lowest BCUT2D eigenvalue weighted by molar-refractivity contribution is -0.121. The Balaban J connectivity index is 1.66. The maximum Gasteiger partial charge on any atom is 0.223 e. The number of carbonyl (C=O) groups is 1. The van der Waals surface area contributed by atoms with E-state index in [4.69, 9.17) is 10.5 Å². The van der Waals surface area contributed by atoms with E-state index >= 15 is 0 Å². The summed E-state index contributed by atoms with van der Waals surface area (Å²) in [5.41, 5.74) is 6.38. The number of nitrogens with one attached hydrogen (secondary N) is 2. The van der Waals surface area contributed by atoms with Gasteiger partial charge in [-0.25, -0.2) is 0 Å². The zero-order valence-corrected chi connectivity index (χ0v) is 10.4. The van der Waals surface area contributed by atoms with E-state index in [9.17, 15) is 4.79 Å². The van der Waals surface area contributed by atoms with E-state index in [1.54, 1.807) is 6.20 Å². The van der Waals surface area contributed by atoms with Gasteiger partial charge in [0.25, 0.3) is 0 Å². The highest BCUT2D eigenvalue weighted by Gasteiger charge is 2.05. The average molecular weight is 260 g/mol. The first-order valence-electron chi connectivity index (χ1n) is 5.98. The van der Waals surface area contributed by atoms with Gasteiger partial charge < -0.3 is 15.8 Å². The third kappa shape index (κ3) is 4.02. The average Bonchev–Trinajstić information content (AvgIpc) is 2.83. The standard InChI is InChI=1S/C13H16N4O2/c14-13-10(9-16-17-13)8-15-12(18)6-7-19-11-4-2-1-3-5-11/h1-5,9H,6-8H2,(H,15,18)(H3,14,16,17). The summed E-state index contributed by atoms with van der Waals surface area (Å²) in [6.07, 6.45) is 1.89. The van der Waals surface area contributed by atoms with Gasteiger partial charge >= 0.3 is 0 Å². The third-order valence-corrected chi connectivity index (χ3v) is 2.57. The fraction of sp³-hybridized carbons (Fsp3) is 0.231. The van der Waals surface area contributed by atoms with Crippen LogP contribution >= 0.6 is 0 Å². The van der Waals surface area contributed by atoms with Gasteiger partial charge in [-0.2, -0.15) is 5.10 Å². The van der Waals surface area contributed by atoms with E-state index in [1.165, 1.54) is 0 Å². The fourth-order valence-electron chi connectivity index (χ4n) is 1.52. The number of benzene rings is 1. The predicted molar refractivity (Wildman–Crippen MR) is 71.4 cm³/mol. The maximum atomic E-state index is 11.6. The largest absolute Gasteiger partial charge is 0.493 e. The van der Waals surface area contributed by atoms with Crippen LogP contribution in [-0.4, -0.2) is 22.7 Å². The minimum atomic E-state index is -0.0865. The number of nitrogen functional groups attached to an aromatic ring is 1. The van der Waals surface area contributed by atoms with Crippen LogP contribution < -0.4 is 15.8 Å². The molecule has 1 aromatic carbocycles. The number of amides is 1. The quantitative estimate of drug-likeness (QED) is 0.724. The molecule has 0 aliphatic rings. The lowest BCUT2D eigenvalue weighted by atomic mass is 10.3. The minimum absolute atomic E-state index is 0.0865. The molecule has 100 valence electrons. The number of para-hydroxylation sites is 1. The van der Waals surface area contributed by atoms with Gasteiger partial charge in [0.2, 0.25) is 5.91 Å². The number of ether oxygens (including phenoxy) is 1. The van der Waals surface area contributed by atoms with E-state index in [-0.39, 0.29) is 5.91 Å². The summed E-state index contributed by atoms with van der Waals surface area (Å²) in [6, 6.07) is 9.39. The summed E-state index contributed by atoms with van der Waals surface area (Å²) in [6.45, 7) is 0.712. The maximum absolute atomic E-state index is 11.6. The molecule has 1 heterocycles. The summed E-state index contributed by atoms with van der Waals surface area (Å²) in [5, 5.41) is 9.14. The Morgan fingerprint density at radius 1 is 1.37 bits per heavy atom. The molecular weight excluding hydrogens is 244 g/mol. The number of nitrogens with zero attached hydrogens (tertiary/aromatic N) is 1. The summed E-state index contributed by atoms with van der Waals surface area (Å²) in [7, 11) is 0. The number of carbonyl (C=O) groups excluding carboxylic acids is 1. The van der Waals surface area contributed by atoms with Crippen LogP contribution in [0.3, 0.4) is 0 Å². The van der Waals surface area contributed by atoms with Crippen molar-refractivity contribution in [2.75, 3.05) is 12.3 Å². The first-order chi connectivity index (χ1) is 9.25. The number of nitrogens with two attached hydrogens (primary N) is 1. The third-order valence-electron chi connectivity index (χ3n) is 2.57.